The van der Waals surface area contributed by atoms with Crippen molar-refractivity contribution >= 4 is 5.91 Å². The summed E-state index contributed by atoms with van der Waals surface area (Å²) in [5.74, 6) is -0.00884. The smallest absolute Gasteiger partial charge is 0.257 e. The van der Waals surface area contributed by atoms with Crippen LogP contribution in [0.2, 0.25) is 0 Å². The summed E-state index contributed by atoms with van der Waals surface area (Å²) in [5.41, 5.74) is 3.71. The summed E-state index contributed by atoms with van der Waals surface area (Å²) in [7, 11) is 3.70. The molecule has 2 aromatic rings. The predicted molar refractivity (Wildman–Crippen MR) is 76.4 cm³/mol. The highest BCUT2D eigenvalue weighted by Gasteiger charge is 2.19. The van der Waals surface area contributed by atoms with Crippen LogP contribution in [0.15, 0.2) is 12.4 Å². The summed E-state index contributed by atoms with van der Waals surface area (Å²) in [6.45, 7) is 7.25. The average molecular weight is 275 g/mol. The molecule has 0 unspecified atom stereocenters. The van der Waals surface area contributed by atoms with Crippen molar-refractivity contribution in [2.24, 2.45) is 7.05 Å². The number of amides is 1. The molecular weight excluding hydrogens is 254 g/mol. The summed E-state index contributed by atoms with van der Waals surface area (Å²) in [6, 6.07) is 0. The van der Waals surface area contributed by atoms with Crippen LogP contribution in [0.3, 0.4) is 0 Å². The van der Waals surface area contributed by atoms with Crippen molar-refractivity contribution in [2.45, 2.75) is 33.9 Å². The highest BCUT2D eigenvalue weighted by molar-refractivity contribution is 5.94. The highest BCUT2D eigenvalue weighted by atomic mass is 16.2. The van der Waals surface area contributed by atoms with E-state index in [1.807, 2.05) is 37.2 Å². The number of rotatable bonds is 4. The molecule has 20 heavy (non-hydrogen) atoms. The second-order valence-electron chi connectivity index (χ2n) is 5.00. The van der Waals surface area contributed by atoms with Crippen LogP contribution in [-0.4, -0.2) is 37.4 Å². The third kappa shape index (κ3) is 2.45. The van der Waals surface area contributed by atoms with Crippen molar-refractivity contribution in [2.75, 3.05) is 7.05 Å². The van der Waals surface area contributed by atoms with Gasteiger partial charge in [-0.2, -0.15) is 10.2 Å². The van der Waals surface area contributed by atoms with Crippen LogP contribution in [0, 0.1) is 13.8 Å². The van der Waals surface area contributed by atoms with Crippen molar-refractivity contribution in [3.8, 4) is 0 Å². The number of aromatic nitrogens is 4. The van der Waals surface area contributed by atoms with Gasteiger partial charge in [0.25, 0.3) is 5.91 Å². The zero-order valence-electron chi connectivity index (χ0n) is 12.7. The van der Waals surface area contributed by atoms with Crippen molar-refractivity contribution in [3.63, 3.8) is 0 Å². The van der Waals surface area contributed by atoms with Crippen LogP contribution in [0.4, 0.5) is 0 Å². The Balaban J connectivity index is 2.16. The molecule has 0 aliphatic rings. The van der Waals surface area contributed by atoms with Crippen molar-refractivity contribution < 1.29 is 4.79 Å². The van der Waals surface area contributed by atoms with Crippen LogP contribution in [0.1, 0.15) is 34.2 Å². The maximum atomic E-state index is 12.5. The minimum absolute atomic E-state index is 0.00884. The van der Waals surface area contributed by atoms with Gasteiger partial charge in [0.05, 0.1) is 18.0 Å². The fourth-order valence-corrected chi connectivity index (χ4v) is 2.21. The molecule has 2 heterocycles. The molecule has 0 aliphatic heterocycles. The van der Waals surface area contributed by atoms with E-state index in [2.05, 4.69) is 10.2 Å². The van der Waals surface area contributed by atoms with Crippen LogP contribution < -0.4 is 0 Å². The second-order valence-corrected chi connectivity index (χ2v) is 5.00. The van der Waals surface area contributed by atoms with Gasteiger partial charge in [0.15, 0.2) is 0 Å². The van der Waals surface area contributed by atoms with Gasteiger partial charge in [0.1, 0.15) is 0 Å². The third-order valence-corrected chi connectivity index (χ3v) is 3.72. The van der Waals surface area contributed by atoms with Gasteiger partial charge in [0.2, 0.25) is 0 Å². The van der Waals surface area contributed by atoms with E-state index < -0.39 is 0 Å². The molecule has 0 N–H and O–H groups in total. The molecular formula is C14H21N5O. The minimum atomic E-state index is -0.00884. The van der Waals surface area contributed by atoms with Gasteiger partial charge in [-0.3, -0.25) is 14.2 Å². The molecule has 0 atom stereocenters. The molecule has 2 rings (SSSR count). The van der Waals surface area contributed by atoms with Gasteiger partial charge >= 0.3 is 0 Å². The lowest BCUT2D eigenvalue weighted by Crippen LogP contribution is -2.26. The maximum Gasteiger partial charge on any atom is 0.257 e. The number of aryl methyl sites for hydroxylation is 2. The van der Waals surface area contributed by atoms with Crippen molar-refractivity contribution in [1.82, 2.24) is 24.5 Å². The number of carbonyl (C=O) groups excluding carboxylic acids is 1. The minimum Gasteiger partial charge on any atom is -0.337 e. The number of hydrogen-bond donors (Lipinski definition) is 0. The lowest BCUT2D eigenvalue weighted by molar-refractivity contribution is 0.0784. The standard InChI is InChI=1S/C14H21N5O/c1-6-19-11(3)13(8-16-19)14(20)17(4)9-12-7-15-18(5)10(12)2/h7-8H,6,9H2,1-5H3. The number of carbonyl (C=O) groups is 1. The van der Waals surface area contributed by atoms with Crippen LogP contribution in [-0.2, 0) is 20.1 Å². The third-order valence-electron chi connectivity index (χ3n) is 3.72. The van der Waals surface area contributed by atoms with E-state index in [9.17, 15) is 4.79 Å². The van der Waals surface area contributed by atoms with E-state index in [1.165, 1.54) is 0 Å². The topological polar surface area (TPSA) is 56.0 Å². The van der Waals surface area contributed by atoms with E-state index in [-0.39, 0.29) is 5.91 Å². The summed E-state index contributed by atoms with van der Waals surface area (Å²) in [4.78, 5) is 14.2. The van der Waals surface area contributed by atoms with Gasteiger partial charge in [-0.1, -0.05) is 0 Å². The fraction of sp³-hybridized carbons (Fsp3) is 0.500. The summed E-state index contributed by atoms with van der Waals surface area (Å²) in [5, 5.41) is 8.42. The summed E-state index contributed by atoms with van der Waals surface area (Å²) < 4.78 is 3.64. The Labute approximate surface area is 119 Å². The van der Waals surface area contributed by atoms with Crippen molar-refractivity contribution in [1.29, 1.82) is 0 Å². The first-order valence-electron chi connectivity index (χ1n) is 6.71. The Morgan fingerprint density at radius 1 is 1.25 bits per heavy atom. The van der Waals surface area contributed by atoms with Crippen molar-refractivity contribution in [3.05, 3.63) is 34.9 Å². The molecule has 6 heteroatoms. The molecule has 0 bridgehead atoms. The predicted octanol–water partition coefficient (Wildman–Crippen LogP) is 1.53. The molecule has 108 valence electrons. The first kappa shape index (κ1) is 14.3. The number of hydrogen-bond acceptors (Lipinski definition) is 3. The van der Waals surface area contributed by atoms with Gasteiger partial charge in [-0.15, -0.1) is 0 Å². The SMILES string of the molecule is CCn1ncc(C(=O)N(C)Cc2cnn(C)c2C)c1C. The van der Waals surface area contributed by atoms with Gasteiger partial charge in [0, 0.05) is 44.1 Å². The normalized spacial score (nSPS) is 10.8. The van der Waals surface area contributed by atoms with E-state index in [1.54, 1.807) is 24.3 Å². The van der Waals surface area contributed by atoms with Gasteiger partial charge in [-0.05, 0) is 20.8 Å². The lowest BCUT2D eigenvalue weighted by atomic mass is 10.2. The van der Waals surface area contributed by atoms with E-state index >= 15 is 0 Å². The van der Waals surface area contributed by atoms with Gasteiger partial charge < -0.3 is 4.90 Å². The van der Waals surface area contributed by atoms with Crippen LogP contribution in [0.5, 0.6) is 0 Å². The molecule has 1 amide bonds. The molecule has 0 aromatic carbocycles. The Hall–Kier alpha value is -2.11. The van der Waals surface area contributed by atoms with E-state index in [0.29, 0.717) is 12.1 Å². The molecule has 0 spiro atoms. The summed E-state index contributed by atoms with van der Waals surface area (Å²) in [6.07, 6.45) is 3.45. The zero-order chi connectivity index (χ0) is 14.9. The average Bonchev–Trinajstić information content (AvgIpc) is 2.95. The lowest BCUT2D eigenvalue weighted by Gasteiger charge is -2.16. The van der Waals surface area contributed by atoms with Crippen LogP contribution in [0.25, 0.3) is 0 Å². The molecule has 0 radical (unpaired) electrons. The first-order chi connectivity index (χ1) is 9.45. The fourth-order valence-electron chi connectivity index (χ4n) is 2.21. The Kier molecular flexibility index (Phi) is 3.92. The largest absolute Gasteiger partial charge is 0.337 e. The zero-order valence-corrected chi connectivity index (χ0v) is 12.7. The molecule has 0 fully saturated rings. The first-order valence-corrected chi connectivity index (χ1v) is 6.71. The van der Waals surface area contributed by atoms with Gasteiger partial charge in [-0.25, -0.2) is 0 Å². The molecule has 0 aliphatic carbocycles. The molecule has 6 nitrogen and oxygen atoms in total. The Morgan fingerprint density at radius 3 is 2.45 bits per heavy atom. The number of nitrogens with zero attached hydrogens (tertiary/aromatic N) is 5. The Morgan fingerprint density at radius 2 is 1.95 bits per heavy atom. The monoisotopic (exact) mass is 275 g/mol. The Bertz CT molecular complexity index is 626. The van der Waals surface area contributed by atoms with E-state index in [0.717, 1.165) is 23.5 Å². The summed E-state index contributed by atoms with van der Waals surface area (Å²) >= 11 is 0. The molecule has 2 aromatic heterocycles. The molecule has 0 saturated heterocycles. The molecule has 0 saturated carbocycles. The second kappa shape index (κ2) is 5.48. The highest BCUT2D eigenvalue weighted by Crippen LogP contribution is 2.14. The van der Waals surface area contributed by atoms with Crippen LogP contribution >= 0.6 is 0 Å². The van der Waals surface area contributed by atoms with E-state index in [4.69, 9.17) is 0 Å². The quantitative estimate of drug-likeness (QED) is 0.850. The maximum absolute atomic E-state index is 12.5.